The third-order valence-corrected chi connectivity index (χ3v) is 3.43. The molecule has 0 aliphatic heterocycles. The number of nitrogens with one attached hydrogen (secondary N) is 1. The molecule has 8 heteroatoms. The van der Waals surface area contributed by atoms with Crippen molar-refractivity contribution in [2.75, 3.05) is 0 Å². The van der Waals surface area contributed by atoms with Gasteiger partial charge in [-0.25, -0.2) is 9.78 Å². The number of pyridine rings is 1. The summed E-state index contributed by atoms with van der Waals surface area (Å²) in [6, 6.07) is 4.13. The van der Waals surface area contributed by atoms with E-state index < -0.39 is 23.8 Å². The van der Waals surface area contributed by atoms with Crippen LogP contribution in [0.3, 0.4) is 0 Å². The van der Waals surface area contributed by atoms with E-state index in [9.17, 15) is 19.5 Å². The third-order valence-electron chi connectivity index (χ3n) is 3.43. The summed E-state index contributed by atoms with van der Waals surface area (Å²) in [7, 11) is 0. The number of rotatable bonds is 7. The summed E-state index contributed by atoms with van der Waals surface area (Å²) in [6.45, 7) is 1.86. The lowest BCUT2D eigenvalue weighted by Gasteiger charge is -2.14. The Morgan fingerprint density at radius 2 is 2.13 bits per heavy atom. The van der Waals surface area contributed by atoms with Gasteiger partial charge in [0.1, 0.15) is 17.4 Å². The van der Waals surface area contributed by atoms with Gasteiger partial charge in [-0.15, -0.1) is 0 Å². The van der Waals surface area contributed by atoms with E-state index in [-0.39, 0.29) is 12.8 Å². The monoisotopic (exact) mass is 318 g/mol. The fraction of sp³-hybridized carbons (Fsp3) is 0.333. The number of aromatic nitrogens is 2. The second-order valence-electron chi connectivity index (χ2n) is 5.06. The van der Waals surface area contributed by atoms with Crippen LogP contribution in [0.25, 0.3) is 5.65 Å². The molecule has 2 amide bonds. The maximum atomic E-state index is 12.5. The number of fused-ring (bicyclic) bond motifs is 1. The van der Waals surface area contributed by atoms with Crippen LogP contribution in [0.15, 0.2) is 24.4 Å². The van der Waals surface area contributed by atoms with Gasteiger partial charge in [0.25, 0.3) is 5.91 Å². The molecular formula is C15H18N4O4. The van der Waals surface area contributed by atoms with Crippen molar-refractivity contribution >= 4 is 23.4 Å². The highest BCUT2D eigenvalue weighted by molar-refractivity contribution is 5.97. The van der Waals surface area contributed by atoms with Gasteiger partial charge in [0.15, 0.2) is 0 Å². The van der Waals surface area contributed by atoms with Crippen LogP contribution >= 0.6 is 0 Å². The Hall–Kier alpha value is -2.90. The minimum atomic E-state index is -1.22. The van der Waals surface area contributed by atoms with Gasteiger partial charge in [-0.2, -0.15) is 0 Å². The minimum Gasteiger partial charge on any atom is -0.480 e. The summed E-state index contributed by atoms with van der Waals surface area (Å²) in [5.74, 6) is -2.38. The quantitative estimate of drug-likeness (QED) is 0.678. The molecule has 8 nitrogen and oxygen atoms in total. The number of aryl methyl sites for hydroxylation is 1. The van der Waals surface area contributed by atoms with Gasteiger partial charge >= 0.3 is 5.97 Å². The van der Waals surface area contributed by atoms with Crippen molar-refractivity contribution in [3.8, 4) is 0 Å². The standard InChI is InChI=1S/C15H18N4O4/c1-2-9-13(19-8-4-3-5-12(19)17-9)14(21)18-10(15(22)23)6-7-11(16)20/h3-5,8,10H,2,6-7H2,1H3,(H2,16,20)(H,18,21)(H,22,23). The molecule has 1 unspecified atom stereocenters. The molecule has 2 aromatic rings. The zero-order valence-electron chi connectivity index (χ0n) is 12.7. The van der Waals surface area contributed by atoms with E-state index in [4.69, 9.17) is 5.73 Å². The maximum Gasteiger partial charge on any atom is 0.326 e. The van der Waals surface area contributed by atoms with Crippen LogP contribution in [0.2, 0.25) is 0 Å². The first-order chi connectivity index (χ1) is 10.9. The molecule has 2 rings (SSSR count). The van der Waals surface area contributed by atoms with Crippen molar-refractivity contribution in [3.63, 3.8) is 0 Å². The van der Waals surface area contributed by atoms with Gasteiger partial charge < -0.3 is 16.2 Å². The molecule has 0 saturated carbocycles. The molecule has 0 fully saturated rings. The van der Waals surface area contributed by atoms with Gasteiger partial charge in [0, 0.05) is 12.6 Å². The summed E-state index contributed by atoms with van der Waals surface area (Å²) in [4.78, 5) is 38.9. The maximum absolute atomic E-state index is 12.5. The third kappa shape index (κ3) is 3.65. The first kappa shape index (κ1) is 16.5. The molecule has 0 bridgehead atoms. The van der Waals surface area contributed by atoms with Gasteiger partial charge in [-0.3, -0.25) is 14.0 Å². The molecule has 0 radical (unpaired) electrons. The highest BCUT2D eigenvalue weighted by Gasteiger charge is 2.25. The molecule has 0 aromatic carbocycles. The molecule has 0 spiro atoms. The molecular weight excluding hydrogens is 300 g/mol. The zero-order chi connectivity index (χ0) is 17.0. The number of nitrogens with two attached hydrogens (primary N) is 1. The molecule has 2 aromatic heterocycles. The predicted octanol–water partition coefficient (Wildman–Crippen LogP) is 0.345. The van der Waals surface area contributed by atoms with Crippen LogP contribution in [-0.4, -0.2) is 38.3 Å². The number of primary amides is 1. The number of imidazole rings is 1. The van der Waals surface area contributed by atoms with E-state index in [1.165, 1.54) is 0 Å². The summed E-state index contributed by atoms with van der Waals surface area (Å²) >= 11 is 0. The molecule has 0 aliphatic carbocycles. The van der Waals surface area contributed by atoms with Crippen LogP contribution in [-0.2, 0) is 16.0 Å². The molecule has 2 heterocycles. The van der Waals surface area contributed by atoms with Gasteiger partial charge in [-0.05, 0) is 25.0 Å². The Labute approximate surface area is 132 Å². The Balaban J connectivity index is 2.28. The van der Waals surface area contributed by atoms with Crippen LogP contribution in [0, 0.1) is 0 Å². The van der Waals surface area contributed by atoms with Crippen LogP contribution in [0.5, 0.6) is 0 Å². The first-order valence-electron chi connectivity index (χ1n) is 7.22. The Morgan fingerprint density at radius 3 is 2.74 bits per heavy atom. The highest BCUT2D eigenvalue weighted by atomic mass is 16.4. The smallest absolute Gasteiger partial charge is 0.326 e. The zero-order valence-corrected chi connectivity index (χ0v) is 12.7. The lowest BCUT2D eigenvalue weighted by molar-refractivity contribution is -0.139. The number of carboxylic acid groups (broad SMARTS) is 1. The minimum absolute atomic E-state index is 0.0609. The Bertz CT molecular complexity index is 753. The summed E-state index contributed by atoms with van der Waals surface area (Å²) in [5.41, 5.74) is 6.51. The van der Waals surface area contributed by atoms with Crippen LogP contribution in [0.4, 0.5) is 0 Å². The SMILES string of the molecule is CCc1nc2ccccn2c1C(=O)NC(CCC(N)=O)C(=O)O. The number of hydrogen-bond acceptors (Lipinski definition) is 4. The van der Waals surface area contributed by atoms with Crippen molar-refractivity contribution in [1.29, 1.82) is 0 Å². The summed E-state index contributed by atoms with van der Waals surface area (Å²) in [6.07, 6.45) is 2.04. The Kier molecular flexibility index (Phi) is 4.95. The van der Waals surface area contributed by atoms with E-state index in [0.717, 1.165) is 0 Å². The largest absolute Gasteiger partial charge is 0.480 e. The van der Waals surface area contributed by atoms with Crippen molar-refractivity contribution in [2.24, 2.45) is 5.73 Å². The molecule has 0 aliphatic rings. The van der Waals surface area contributed by atoms with Gasteiger partial charge in [0.2, 0.25) is 5.91 Å². The normalized spacial score (nSPS) is 12.0. The lowest BCUT2D eigenvalue weighted by atomic mass is 10.1. The molecule has 23 heavy (non-hydrogen) atoms. The van der Waals surface area contributed by atoms with Crippen molar-refractivity contribution in [3.05, 3.63) is 35.8 Å². The fourth-order valence-electron chi connectivity index (χ4n) is 2.30. The lowest BCUT2D eigenvalue weighted by Crippen LogP contribution is -2.42. The molecule has 122 valence electrons. The summed E-state index contributed by atoms with van der Waals surface area (Å²) < 4.78 is 1.61. The predicted molar refractivity (Wildman–Crippen MR) is 81.9 cm³/mol. The number of aliphatic carboxylic acids is 1. The topological polar surface area (TPSA) is 127 Å². The number of hydrogen-bond donors (Lipinski definition) is 3. The molecule has 0 saturated heterocycles. The van der Waals surface area contributed by atoms with E-state index in [1.807, 2.05) is 6.92 Å². The van der Waals surface area contributed by atoms with E-state index in [1.54, 1.807) is 28.8 Å². The second kappa shape index (κ2) is 6.91. The van der Waals surface area contributed by atoms with Crippen molar-refractivity contribution in [2.45, 2.75) is 32.2 Å². The van der Waals surface area contributed by atoms with E-state index in [0.29, 0.717) is 23.5 Å². The van der Waals surface area contributed by atoms with Crippen LogP contribution < -0.4 is 11.1 Å². The van der Waals surface area contributed by atoms with Crippen molar-refractivity contribution < 1.29 is 19.5 Å². The highest BCUT2D eigenvalue weighted by Crippen LogP contribution is 2.14. The fourth-order valence-corrected chi connectivity index (χ4v) is 2.30. The summed E-state index contributed by atoms with van der Waals surface area (Å²) in [5, 5.41) is 11.6. The molecule has 4 N–H and O–H groups in total. The number of carbonyl (C=O) groups excluding carboxylic acids is 2. The Morgan fingerprint density at radius 1 is 1.39 bits per heavy atom. The van der Waals surface area contributed by atoms with E-state index >= 15 is 0 Å². The average Bonchev–Trinajstić information content (AvgIpc) is 2.89. The molecule has 1 atom stereocenters. The van der Waals surface area contributed by atoms with Crippen LogP contribution in [0.1, 0.15) is 35.9 Å². The number of carbonyl (C=O) groups is 3. The van der Waals surface area contributed by atoms with E-state index in [2.05, 4.69) is 10.3 Å². The second-order valence-corrected chi connectivity index (χ2v) is 5.06. The first-order valence-corrected chi connectivity index (χ1v) is 7.22. The number of amides is 2. The average molecular weight is 318 g/mol. The van der Waals surface area contributed by atoms with Gasteiger partial charge in [0.05, 0.1) is 5.69 Å². The van der Waals surface area contributed by atoms with Gasteiger partial charge in [-0.1, -0.05) is 13.0 Å². The number of carboxylic acids is 1. The number of nitrogens with zero attached hydrogens (tertiary/aromatic N) is 2. The van der Waals surface area contributed by atoms with Crippen molar-refractivity contribution in [1.82, 2.24) is 14.7 Å².